The minimum absolute atomic E-state index is 0.284. The fourth-order valence-corrected chi connectivity index (χ4v) is 2.40. The Labute approximate surface area is 185 Å². The Hall–Kier alpha value is -3.95. The number of benzene rings is 2. The number of halogens is 1. The van der Waals surface area contributed by atoms with Crippen molar-refractivity contribution in [1.82, 2.24) is 10.7 Å². The van der Waals surface area contributed by atoms with Gasteiger partial charge in [-0.2, -0.15) is 5.10 Å². The number of anilines is 1. The monoisotopic (exact) mass is 444 g/mol. The fraction of sp³-hybridized carbons (Fsp3) is 0.273. The first kappa shape index (κ1) is 24.3. The second kappa shape index (κ2) is 12.7. The molecule has 0 atom stereocenters. The number of amides is 3. The molecule has 2 aromatic carbocycles. The Bertz CT molecular complexity index is 963. The van der Waals surface area contributed by atoms with E-state index >= 15 is 0 Å². The molecule has 0 radical (unpaired) electrons. The van der Waals surface area contributed by atoms with Gasteiger partial charge in [0.15, 0.2) is 18.1 Å². The average Bonchev–Trinajstić information content (AvgIpc) is 2.78. The van der Waals surface area contributed by atoms with Gasteiger partial charge in [-0.25, -0.2) is 9.82 Å². The van der Waals surface area contributed by atoms with E-state index in [4.69, 9.17) is 9.47 Å². The summed E-state index contributed by atoms with van der Waals surface area (Å²) in [6.07, 6.45) is 2.06. The van der Waals surface area contributed by atoms with E-state index in [-0.39, 0.29) is 6.61 Å². The van der Waals surface area contributed by atoms with E-state index < -0.39 is 23.5 Å². The van der Waals surface area contributed by atoms with Gasteiger partial charge in [-0.3, -0.25) is 14.4 Å². The highest BCUT2D eigenvalue weighted by Crippen LogP contribution is 2.28. The van der Waals surface area contributed by atoms with Gasteiger partial charge in [-0.05, 0) is 61.4 Å². The van der Waals surface area contributed by atoms with Gasteiger partial charge in [0.05, 0.1) is 12.8 Å². The molecule has 0 unspecified atom stereocenters. The first-order valence-corrected chi connectivity index (χ1v) is 9.99. The van der Waals surface area contributed by atoms with Crippen LogP contribution in [0.5, 0.6) is 11.5 Å². The van der Waals surface area contributed by atoms with Crippen molar-refractivity contribution in [2.45, 2.75) is 20.3 Å². The van der Waals surface area contributed by atoms with Crippen LogP contribution in [0, 0.1) is 5.82 Å². The van der Waals surface area contributed by atoms with Gasteiger partial charge >= 0.3 is 11.8 Å². The van der Waals surface area contributed by atoms with Crippen LogP contribution in [0.3, 0.4) is 0 Å². The van der Waals surface area contributed by atoms with Crippen LogP contribution in [0.1, 0.15) is 25.8 Å². The molecule has 9 nitrogen and oxygen atoms in total. The fourth-order valence-electron chi connectivity index (χ4n) is 2.40. The van der Waals surface area contributed by atoms with Crippen molar-refractivity contribution in [3.63, 3.8) is 0 Å². The van der Waals surface area contributed by atoms with Crippen LogP contribution in [0.15, 0.2) is 47.6 Å². The maximum absolute atomic E-state index is 12.9. The second-order valence-electron chi connectivity index (χ2n) is 6.44. The molecule has 0 saturated carbocycles. The highest BCUT2D eigenvalue weighted by atomic mass is 19.1. The maximum Gasteiger partial charge on any atom is 0.329 e. The minimum atomic E-state index is -0.869. The summed E-state index contributed by atoms with van der Waals surface area (Å²) in [5.74, 6) is -1.75. The Balaban J connectivity index is 1.94. The largest absolute Gasteiger partial charge is 0.490 e. The van der Waals surface area contributed by atoms with E-state index in [1.807, 2.05) is 6.92 Å². The number of carbonyl (C=O) groups is 3. The molecule has 3 N–H and O–H groups in total. The lowest BCUT2D eigenvalue weighted by Gasteiger charge is -2.12. The van der Waals surface area contributed by atoms with Crippen LogP contribution in [0.25, 0.3) is 0 Å². The lowest BCUT2D eigenvalue weighted by Crippen LogP contribution is -2.38. The van der Waals surface area contributed by atoms with Crippen molar-refractivity contribution in [3.05, 3.63) is 53.8 Å². The molecule has 0 bridgehead atoms. The van der Waals surface area contributed by atoms with Crippen LogP contribution in [-0.4, -0.2) is 43.7 Å². The van der Waals surface area contributed by atoms with Gasteiger partial charge in [0.2, 0.25) is 0 Å². The predicted molar refractivity (Wildman–Crippen MR) is 117 cm³/mol. The van der Waals surface area contributed by atoms with Crippen molar-refractivity contribution in [1.29, 1.82) is 0 Å². The predicted octanol–water partition coefficient (Wildman–Crippen LogP) is 2.22. The third-order valence-electron chi connectivity index (χ3n) is 3.88. The lowest BCUT2D eigenvalue weighted by molar-refractivity contribution is -0.139. The molecule has 2 rings (SSSR count). The smallest absolute Gasteiger partial charge is 0.329 e. The molecule has 170 valence electrons. The molecule has 2 aromatic rings. The highest BCUT2D eigenvalue weighted by molar-refractivity contribution is 6.35. The Morgan fingerprint density at radius 1 is 1.00 bits per heavy atom. The highest BCUT2D eigenvalue weighted by Gasteiger charge is 2.12. The summed E-state index contributed by atoms with van der Waals surface area (Å²) in [6.45, 7) is 4.14. The van der Waals surface area contributed by atoms with Crippen LogP contribution in [-0.2, 0) is 14.4 Å². The zero-order valence-electron chi connectivity index (χ0n) is 17.8. The Kier molecular flexibility index (Phi) is 9.64. The number of hydrazone groups is 1. The van der Waals surface area contributed by atoms with Gasteiger partial charge in [0.25, 0.3) is 5.91 Å². The Morgan fingerprint density at radius 2 is 1.75 bits per heavy atom. The number of nitrogens with zero attached hydrogens (tertiary/aromatic N) is 1. The molecule has 0 aliphatic carbocycles. The van der Waals surface area contributed by atoms with E-state index in [9.17, 15) is 18.8 Å². The summed E-state index contributed by atoms with van der Waals surface area (Å²) >= 11 is 0. The number of hydrogen-bond donors (Lipinski definition) is 3. The number of ether oxygens (including phenoxy) is 2. The Morgan fingerprint density at radius 3 is 2.44 bits per heavy atom. The summed E-state index contributed by atoms with van der Waals surface area (Å²) in [4.78, 5) is 35.2. The summed E-state index contributed by atoms with van der Waals surface area (Å²) < 4.78 is 24.0. The van der Waals surface area contributed by atoms with Gasteiger partial charge in [-0.1, -0.05) is 6.92 Å². The summed E-state index contributed by atoms with van der Waals surface area (Å²) in [6, 6.07) is 10.2. The van der Waals surface area contributed by atoms with Crippen LogP contribution < -0.4 is 25.5 Å². The first-order valence-electron chi connectivity index (χ1n) is 9.99. The number of hydrogen-bond acceptors (Lipinski definition) is 6. The normalized spacial score (nSPS) is 10.5. The zero-order chi connectivity index (χ0) is 23.3. The van der Waals surface area contributed by atoms with Crippen molar-refractivity contribution in [3.8, 4) is 11.5 Å². The molecule has 3 amide bonds. The minimum Gasteiger partial charge on any atom is -0.490 e. The van der Waals surface area contributed by atoms with E-state index in [0.29, 0.717) is 42.3 Å². The van der Waals surface area contributed by atoms with E-state index in [2.05, 4.69) is 21.2 Å². The zero-order valence-corrected chi connectivity index (χ0v) is 17.8. The average molecular weight is 444 g/mol. The number of carbonyl (C=O) groups excluding carboxylic acids is 3. The van der Waals surface area contributed by atoms with Gasteiger partial charge in [0, 0.05) is 12.2 Å². The van der Waals surface area contributed by atoms with Crippen molar-refractivity contribution in [2.24, 2.45) is 5.10 Å². The summed E-state index contributed by atoms with van der Waals surface area (Å²) in [7, 11) is 0. The third kappa shape index (κ3) is 8.05. The molecule has 0 aliphatic rings. The molecule has 0 heterocycles. The molecule has 0 aliphatic heterocycles. The molecule has 32 heavy (non-hydrogen) atoms. The summed E-state index contributed by atoms with van der Waals surface area (Å²) in [5.41, 5.74) is 3.16. The maximum atomic E-state index is 12.9. The summed E-state index contributed by atoms with van der Waals surface area (Å²) in [5, 5.41) is 8.80. The van der Waals surface area contributed by atoms with Crippen molar-refractivity contribution in [2.75, 3.05) is 25.1 Å². The SMILES string of the molecule is CCCNC(=O)C(=O)N/N=C\c1ccc(OCC(=O)Nc2ccc(F)cc2)c(OCC)c1. The lowest BCUT2D eigenvalue weighted by atomic mass is 10.2. The van der Waals surface area contributed by atoms with Crippen LogP contribution >= 0.6 is 0 Å². The van der Waals surface area contributed by atoms with E-state index in [1.54, 1.807) is 25.1 Å². The standard InChI is InChI=1S/C22H25FN4O5/c1-3-11-24-21(29)22(30)27-25-13-15-5-10-18(19(12-15)31-4-2)32-14-20(28)26-17-8-6-16(23)7-9-17/h5-10,12-13H,3-4,11,14H2,1-2H3,(H,24,29)(H,26,28)(H,27,30)/b25-13-. The second-order valence-corrected chi connectivity index (χ2v) is 6.44. The molecule has 0 aromatic heterocycles. The molecular formula is C22H25FN4O5. The number of rotatable bonds is 10. The van der Waals surface area contributed by atoms with E-state index in [0.717, 1.165) is 0 Å². The van der Waals surface area contributed by atoms with Crippen LogP contribution in [0.2, 0.25) is 0 Å². The van der Waals surface area contributed by atoms with Gasteiger partial charge in [-0.15, -0.1) is 0 Å². The van der Waals surface area contributed by atoms with Gasteiger partial charge < -0.3 is 20.1 Å². The quantitative estimate of drug-likeness (QED) is 0.295. The molecule has 0 fully saturated rings. The van der Waals surface area contributed by atoms with Gasteiger partial charge in [0.1, 0.15) is 5.82 Å². The molecule has 10 heteroatoms. The number of nitrogens with one attached hydrogen (secondary N) is 3. The van der Waals surface area contributed by atoms with Crippen molar-refractivity contribution >= 4 is 29.6 Å². The molecular weight excluding hydrogens is 419 g/mol. The first-order chi connectivity index (χ1) is 15.4. The third-order valence-corrected chi connectivity index (χ3v) is 3.88. The van der Waals surface area contributed by atoms with Crippen LogP contribution in [0.4, 0.5) is 10.1 Å². The topological polar surface area (TPSA) is 118 Å². The molecule has 0 spiro atoms. The van der Waals surface area contributed by atoms with Crippen molar-refractivity contribution < 1.29 is 28.2 Å². The molecule has 0 saturated heterocycles. The van der Waals surface area contributed by atoms with E-state index in [1.165, 1.54) is 30.5 Å².